The summed E-state index contributed by atoms with van der Waals surface area (Å²) in [7, 11) is 0. The summed E-state index contributed by atoms with van der Waals surface area (Å²) >= 11 is 0. The number of morpholine rings is 1. The van der Waals surface area contributed by atoms with Gasteiger partial charge >= 0.3 is 5.97 Å². The van der Waals surface area contributed by atoms with Crippen molar-refractivity contribution in [3.05, 3.63) is 27.9 Å². The molecule has 7 heteroatoms. The van der Waals surface area contributed by atoms with Gasteiger partial charge in [-0.25, -0.2) is 4.98 Å². The summed E-state index contributed by atoms with van der Waals surface area (Å²) in [6, 6.07) is 1.40. The average molecular weight is 253 g/mol. The van der Waals surface area contributed by atoms with Crippen LogP contribution in [0.2, 0.25) is 0 Å². The van der Waals surface area contributed by atoms with E-state index in [1.54, 1.807) is 11.8 Å². The van der Waals surface area contributed by atoms with Crippen LogP contribution < -0.4 is 5.56 Å². The molecule has 1 aromatic rings. The molecule has 0 amide bonds. The Bertz CT molecular complexity index is 499. The smallest absolute Gasteiger partial charge is 0.317 e. The minimum atomic E-state index is -0.874. The number of hydrogen-bond donors (Lipinski definition) is 2. The van der Waals surface area contributed by atoms with E-state index < -0.39 is 5.97 Å². The number of hydrogen-bond acceptors (Lipinski definition) is 5. The molecule has 0 aromatic carbocycles. The highest BCUT2D eigenvalue weighted by Crippen LogP contribution is 2.18. The van der Waals surface area contributed by atoms with E-state index in [-0.39, 0.29) is 18.2 Å². The molecule has 0 saturated carbocycles. The zero-order valence-corrected chi connectivity index (χ0v) is 10.0. The van der Waals surface area contributed by atoms with Crippen molar-refractivity contribution in [3.63, 3.8) is 0 Å². The topological polar surface area (TPSA) is 95.5 Å². The lowest BCUT2D eigenvalue weighted by Crippen LogP contribution is -2.42. The zero-order chi connectivity index (χ0) is 13.1. The van der Waals surface area contributed by atoms with Gasteiger partial charge in [0, 0.05) is 24.8 Å². The minimum Gasteiger partial charge on any atom is -0.480 e. The molecule has 2 rings (SSSR count). The number of nitrogens with one attached hydrogen (secondary N) is 1. The van der Waals surface area contributed by atoms with E-state index in [2.05, 4.69) is 9.97 Å². The van der Waals surface area contributed by atoms with Crippen molar-refractivity contribution in [2.24, 2.45) is 0 Å². The standard InChI is InChI=1S/C11H15N3O4/c1-7-4-9(15)13-11(12-7)8-5-14(2-3-18-8)6-10(16)17/h4,8H,2-3,5-6H2,1H3,(H,16,17)(H,12,13,15)/t8-/m1/s1. The number of aromatic amines is 1. The van der Waals surface area contributed by atoms with Gasteiger partial charge in [0.15, 0.2) is 0 Å². The normalized spacial score (nSPS) is 20.8. The van der Waals surface area contributed by atoms with Gasteiger partial charge in [-0.1, -0.05) is 0 Å². The number of aromatic nitrogens is 2. The molecule has 1 saturated heterocycles. The molecule has 2 heterocycles. The highest BCUT2D eigenvalue weighted by Gasteiger charge is 2.25. The van der Waals surface area contributed by atoms with Crippen LogP contribution in [-0.2, 0) is 9.53 Å². The Morgan fingerprint density at radius 2 is 2.50 bits per heavy atom. The van der Waals surface area contributed by atoms with Gasteiger partial charge in [-0.05, 0) is 6.92 Å². The molecule has 18 heavy (non-hydrogen) atoms. The van der Waals surface area contributed by atoms with E-state index >= 15 is 0 Å². The number of carboxylic acids is 1. The third-order valence-corrected chi connectivity index (χ3v) is 2.70. The Kier molecular flexibility index (Phi) is 3.73. The fraction of sp³-hybridized carbons (Fsp3) is 0.545. The second kappa shape index (κ2) is 5.28. The maximum Gasteiger partial charge on any atom is 0.317 e. The first-order valence-electron chi connectivity index (χ1n) is 5.68. The monoisotopic (exact) mass is 253 g/mol. The summed E-state index contributed by atoms with van der Waals surface area (Å²) in [6.45, 7) is 3.11. The number of carboxylic acid groups (broad SMARTS) is 1. The number of carbonyl (C=O) groups is 1. The number of aryl methyl sites for hydroxylation is 1. The van der Waals surface area contributed by atoms with Gasteiger partial charge < -0.3 is 14.8 Å². The van der Waals surface area contributed by atoms with Crippen LogP contribution in [0, 0.1) is 6.92 Å². The molecule has 2 N–H and O–H groups in total. The summed E-state index contributed by atoms with van der Waals surface area (Å²) < 4.78 is 5.52. The van der Waals surface area contributed by atoms with Crippen LogP contribution in [0.5, 0.6) is 0 Å². The van der Waals surface area contributed by atoms with Gasteiger partial charge in [-0.3, -0.25) is 14.5 Å². The average Bonchev–Trinajstić information content (AvgIpc) is 2.27. The lowest BCUT2D eigenvalue weighted by molar-refractivity contribution is -0.140. The van der Waals surface area contributed by atoms with Gasteiger partial charge in [0.2, 0.25) is 0 Å². The Morgan fingerprint density at radius 3 is 3.17 bits per heavy atom. The van der Waals surface area contributed by atoms with Crippen LogP contribution in [0.15, 0.2) is 10.9 Å². The Morgan fingerprint density at radius 1 is 1.72 bits per heavy atom. The van der Waals surface area contributed by atoms with Crippen LogP contribution in [0.3, 0.4) is 0 Å². The van der Waals surface area contributed by atoms with Gasteiger partial charge in [0.25, 0.3) is 5.56 Å². The molecule has 0 aliphatic carbocycles. The Labute approximate surface area is 103 Å². The lowest BCUT2D eigenvalue weighted by atomic mass is 10.2. The summed E-state index contributed by atoms with van der Waals surface area (Å²) in [5, 5.41) is 8.75. The largest absolute Gasteiger partial charge is 0.480 e. The van der Waals surface area contributed by atoms with Crippen molar-refractivity contribution in [2.75, 3.05) is 26.2 Å². The first-order valence-corrected chi connectivity index (χ1v) is 5.68. The van der Waals surface area contributed by atoms with Crippen molar-refractivity contribution in [2.45, 2.75) is 13.0 Å². The minimum absolute atomic E-state index is 0.0318. The van der Waals surface area contributed by atoms with E-state index in [0.29, 0.717) is 31.2 Å². The van der Waals surface area contributed by atoms with Crippen LogP contribution >= 0.6 is 0 Å². The fourth-order valence-corrected chi connectivity index (χ4v) is 1.96. The number of rotatable bonds is 3. The number of aliphatic carboxylic acids is 1. The summed E-state index contributed by atoms with van der Waals surface area (Å²) in [5.74, 6) is -0.420. The first kappa shape index (κ1) is 12.7. The molecule has 0 bridgehead atoms. The second-order valence-corrected chi connectivity index (χ2v) is 4.26. The Balaban J connectivity index is 2.12. The number of ether oxygens (including phenoxy) is 1. The number of nitrogens with zero attached hydrogens (tertiary/aromatic N) is 2. The van der Waals surface area contributed by atoms with Crippen LogP contribution in [-0.4, -0.2) is 52.2 Å². The highest BCUT2D eigenvalue weighted by molar-refractivity contribution is 5.69. The van der Waals surface area contributed by atoms with Crippen molar-refractivity contribution in [1.29, 1.82) is 0 Å². The Hall–Kier alpha value is -1.73. The molecule has 1 fully saturated rings. The quantitative estimate of drug-likeness (QED) is 0.756. The summed E-state index contributed by atoms with van der Waals surface area (Å²) in [5.41, 5.74) is 0.393. The van der Waals surface area contributed by atoms with E-state index in [4.69, 9.17) is 9.84 Å². The third-order valence-electron chi connectivity index (χ3n) is 2.70. The predicted molar refractivity (Wildman–Crippen MR) is 62.4 cm³/mol. The van der Waals surface area contributed by atoms with Crippen molar-refractivity contribution < 1.29 is 14.6 Å². The van der Waals surface area contributed by atoms with Gasteiger partial charge in [-0.15, -0.1) is 0 Å². The van der Waals surface area contributed by atoms with Crippen LogP contribution in [0.1, 0.15) is 17.6 Å². The van der Waals surface area contributed by atoms with E-state index in [1.807, 2.05) is 0 Å². The van der Waals surface area contributed by atoms with Gasteiger partial charge in [0.05, 0.1) is 13.2 Å². The highest BCUT2D eigenvalue weighted by atomic mass is 16.5. The molecule has 0 unspecified atom stereocenters. The van der Waals surface area contributed by atoms with Gasteiger partial charge in [-0.2, -0.15) is 0 Å². The third kappa shape index (κ3) is 3.14. The van der Waals surface area contributed by atoms with Gasteiger partial charge in [0.1, 0.15) is 11.9 Å². The van der Waals surface area contributed by atoms with Crippen LogP contribution in [0.25, 0.3) is 0 Å². The van der Waals surface area contributed by atoms with E-state index in [1.165, 1.54) is 6.07 Å². The maximum atomic E-state index is 11.4. The van der Waals surface area contributed by atoms with Crippen molar-refractivity contribution in [3.8, 4) is 0 Å². The molecule has 1 atom stereocenters. The molecule has 98 valence electrons. The van der Waals surface area contributed by atoms with E-state index in [9.17, 15) is 9.59 Å². The van der Waals surface area contributed by atoms with E-state index in [0.717, 1.165) is 0 Å². The molecule has 0 radical (unpaired) electrons. The molecular formula is C11H15N3O4. The maximum absolute atomic E-state index is 11.4. The molecule has 1 aliphatic rings. The lowest BCUT2D eigenvalue weighted by Gasteiger charge is -2.31. The van der Waals surface area contributed by atoms with Crippen LogP contribution in [0.4, 0.5) is 0 Å². The molecule has 0 spiro atoms. The molecular weight excluding hydrogens is 238 g/mol. The SMILES string of the molecule is Cc1cc(=O)[nH]c([C@H]2CN(CC(=O)O)CCO2)n1. The molecule has 1 aromatic heterocycles. The fourth-order valence-electron chi connectivity index (χ4n) is 1.96. The number of H-pyrrole nitrogens is 1. The summed E-state index contributed by atoms with van der Waals surface area (Å²) in [6.07, 6.45) is -0.384. The summed E-state index contributed by atoms with van der Waals surface area (Å²) in [4.78, 5) is 30.6. The predicted octanol–water partition coefficient (Wildman–Crippen LogP) is -0.464. The zero-order valence-electron chi connectivity index (χ0n) is 10.0. The first-order chi connectivity index (χ1) is 8.54. The van der Waals surface area contributed by atoms with Crippen molar-refractivity contribution in [1.82, 2.24) is 14.9 Å². The second-order valence-electron chi connectivity index (χ2n) is 4.26. The molecule has 1 aliphatic heterocycles. The molecule has 7 nitrogen and oxygen atoms in total. The van der Waals surface area contributed by atoms with Crippen molar-refractivity contribution >= 4 is 5.97 Å².